The minimum absolute atomic E-state index is 0.105. The molecule has 0 heterocycles. The van der Waals surface area contributed by atoms with E-state index in [-0.39, 0.29) is 25.7 Å². The molecule has 7 atom stereocenters. The lowest BCUT2D eigenvalue weighted by Gasteiger charge is -2.21. The van der Waals surface area contributed by atoms with Crippen LogP contribution in [0, 0.1) is 17.8 Å². The maximum absolute atomic E-state index is 13.1. The molecule has 0 aliphatic rings. The van der Waals surface area contributed by atoms with E-state index in [2.05, 4.69) is 48.5 Å². The van der Waals surface area contributed by atoms with E-state index in [9.17, 15) is 43.2 Å². The summed E-state index contributed by atoms with van der Waals surface area (Å²) in [6.07, 6.45) is 55.4. The summed E-state index contributed by atoms with van der Waals surface area (Å²) >= 11 is 0. The molecule has 0 rings (SSSR count). The molecule has 4 unspecified atom stereocenters. The van der Waals surface area contributed by atoms with Gasteiger partial charge in [-0.2, -0.15) is 0 Å². The Balaban J connectivity index is 5.26. The van der Waals surface area contributed by atoms with Crippen LogP contribution in [-0.4, -0.2) is 96.7 Å². The van der Waals surface area contributed by atoms with Gasteiger partial charge in [-0.05, 0) is 43.4 Å². The molecule has 0 spiro atoms. The maximum Gasteiger partial charge on any atom is 0.472 e. The maximum atomic E-state index is 13.1. The molecule has 17 nitrogen and oxygen atoms in total. The largest absolute Gasteiger partial charge is 0.472 e. The van der Waals surface area contributed by atoms with Gasteiger partial charge in [0.15, 0.2) is 12.2 Å². The second kappa shape index (κ2) is 68.5. The first-order valence-electron chi connectivity index (χ1n) is 40.4. The highest BCUT2D eigenvalue weighted by Crippen LogP contribution is 2.45. The summed E-state index contributed by atoms with van der Waals surface area (Å²) in [5, 5.41) is 10.6. The van der Waals surface area contributed by atoms with Crippen molar-refractivity contribution >= 4 is 39.5 Å². The summed E-state index contributed by atoms with van der Waals surface area (Å²) < 4.78 is 68.6. The van der Waals surface area contributed by atoms with Crippen LogP contribution in [0.3, 0.4) is 0 Å². The number of rotatable bonds is 76. The molecule has 0 bridgehead atoms. The van der Waals surface area contributed by atoms with E-state index >= 15 is 0 Å². The van der Waals surface area contributed by atoms with Crippen molar-refractivity contribution in [2.45, 2.75) is 420 Å². The zero-order valence-corrected chi connectivity index (χ0v) is 65.3. The van der Waals surface area contributed by atoms with Gasteiger partial charge in [-0.25, -0.2) is 9.13 Å². The minimum Gasteiger partial charge on any atom is -0.462 e. The van der Waals surface area contributed by atoms with Gasteiger partial charge in [-0.15, -0.1) is 0 Å². The van der Waals surface area contributed by atoms with Crippen molar-refractivity contribution in [3.8, 4) is 0 Å². The molecule has 0 aliphatic heterocycles. The van der Waals surface area contributed by atoms with E-state index in [0.717, 1.165) is 108 Å². The van der Waals surface area contributed by atoms with Crippen LogP contribution in [0.15, 0.2) is 0 Å². The van der Waals surface area contributed by atoms with Crippen LogP contribution in [0.2, 0.25) is 0 Å². The SMILES string of the molecule is CCCCCCCCCCCCCCCCCC(=O)OC[C@H](COP(=O)(O)OC[C@@H](O)COP(=O)(O)OC[C@@H](COC(=O)CCCCCCCCCC(C)C)OC(=O)CCCCCCCCCCCCC(C)CC)OC(=O)CCCCCCCCCCCCCCCCC(C)CC. The van der Waals surface area contributed by atoms with Crippen LogP contribution >= 0.6 is 15.6 Å². The Hall–Kier alpha value is -1.94. The monoisotopic (exact) mass is 1420 g/mol. The molecule has 0 aromatic rings. The molecule has 0 saturated heterocycles. The first-order chi connectivity index (χ1) is 46.8. The quantitative estimate of drug-likeness (QED) is 0.0222. The average molecular weight is 1420 g/mol. The van der Waals surface area contributed by atoms with Crippen molar-refractivity contribution in [3.63, 3.8) is 0 Å². The van der Waals surface area contributed by atoms with Crippen LogP contribution in [0.5, 0.6) is 0 Å². The topological polar surface area (TPSA) is 237 Å². The van der Waals surface area contributed by atoms with Crippen molar-refractivity contribution < 1.29 is 80.2 Å². The minimum atomic E-state index is -4.96. The summed E-state index contributed by atoms with van der Waals surface area (Å²) in [5.41, 5.74) is 0. The highest BCUT2D eigenvalue weighted by atomic mass is 31.2. The van der Waals surface area contributed by atoms with Crippen molar-refractivity contribution in [1.82, 2.24) is 0 Å². The van der Waals surface area contributed by atoms with Crippen LogP contribution in [0.4, 0.5) is 0 Å². The van der Waals surface area contributed by atoms with Gasteiger partial charge >= 0.3 is 39.5 Å². The van der Waals surface area contributed by atoms with Crippen molar-refractivity contribution in [1.29, 1.82) is 0 Å². The summed E-state index contributed by atoms with van der Waals surface area (Å²) in [5.74, 6) is 0.239. The summed E-state index contributed by atoms with van der Waals surface area (Å²) in [7, 11) is -9.92. The number of carbonyl (C=O) groups is 4. The van der Waals surface area contributed by atoms with E-state index in [0.29, 0.717) is 31.6 Å². The molecular weight excluding hydrogens is 1270 g/mol. The Morgan fingerprint density at radius 3 is 0.784 bits per heavy atom. The zero-order valence-electron chi connectivity index (χ0n) is 63.5. The number of hydrogen-bond donors (Lipinski definition) is 3. The Morgan fingerprint density at radius 1 is 0.299 bits per heavy atom. The standard InChI is InChI=1S/C78H152O17P2/c1-8-11-12-13-14-15-16-17-18-22-25-31-38-45-52-59-75(80)88-65-73(94-77(82)61-54-47-39-32-26-23-20-19-21-24-29-36-43-50-57-70(6)9-2)67-92-96(84,85)90-63-72(79)64-91-97(86,87)93-68-74(66-89-76(81)60-53-46-41-34-35-42-49-56-69(4)5)95-78(83)62-55-48-40-33-28-27-30-37-44-51-58-71(7)10-3/h69-74,79H,8-68H2,1-7H3,(H,84,85)(H,86,87)/t70?,71?,72-,73-,74-/m1/s1. The third-order valence-corrected chi connectivity index (χ3v) is 20.8. The Bertz CT molecular complexity index is 1890. The Labute approximate surface area is 594 Å². The number of ether oxygens (including phenoxy) is 4. The average Bonchev–Trinajstić information content (AvgIpc) is 1.10. The second-order valence-electron chi connectivity index (χ2n) is 29.1. The number of aliphatic hydroxyl groups is 1. The number of phosphoric ester groups is 2. The first kappa shape index (κ1) is 95.1. The van der Waals surface area contributed by atoms with Crippen LogP contribution < -0.4 is 0 Å². The highest BCUT2D eigenvalue weighted by molar-refractivity contribution is 7.47. The van der Waals surface area contributed by atoms with Crippen molar-refractivity contribution in [2.75, 3.05) is 39.6 Å². The van der Waals surface area contributed by atoms with Crippen LogP contribution in [0.1, 0.15) is 402 Å². The lowest BCUT2D eigenvalue weighted by Crippen LogP contribution is -2.30. The van der Waals surface area contributed by atoms with Gasteiger partial charge < -0.3 is 33.8 Å². The first-order valence-corrected chi connectivity index (χ1v) is 43.4. The second-order valence-corrected chi connectivity index (χ2v) is 32.0. The van der Waals surface area contributed by atoms with E-state index in [4.69, 9.17) is 37.0 Å². The predicted octanol–water partition coefficient (Wildman–Crippen LogP) is 23.0. The molecule has 0 radical (unpaired) electrons. The van der Waals surface area contributed by atoms with E-state index in [1.807, 2.05) is 0 Å². The fourth-order valence-electron chi connectivity index (χ4n) is 11.9. The Kier molecular flexibility index (Phi) is 67.1. The molecule has 0 aromatic carbocycles. The Morgan fingerprint density at radius 2 is 0.526 bits per heavy atom. The van der Waals surface area contributed by atoms with E-state index in [1.165, 1.54) is 205 Å². The number of esters is 4. The number of carbonyl (C=O) groups excluding carboxylic acids is 4. The van der Waals surface area contributed by atoms with Gasteiger partial charge in [0.1, 0.15) is 19.3 Å². The lowest BCUT2D eigenvalue weighted by atomic mass is 9.99. The molecule has 576 valence electrons. The molecular formula is C78H152O17P2. The van der Waals surface area contributed by atoms with Gasteiger partial charge in [0.05, 0.1) is 26.4 Å². The fraction of sp³-hybridized carbons (Fsp3) is 0.949. The van der Waals surface area contributed by atoms with Gasteiger partial charge in [0.25, 0.3) is 0 Å². The number of aliphatic hydroxyl groups excluding tert-OH is 1. The molecule has 0 aromatic heterocycles. The van der Waals surface area contributed by atoms with Crippen molar-refractivity contribution in [2.24, 2.45) is 17.8 Å². The lowest BCUT2D eigenvalue weighted by molar-refractivity contribution is -0.161. The highest BCUT2D eigenvalue weighted by Gasteiger charge is 2.30. The van der Waals surface area contributed by atoms with Gasteiger partial charge in [-0.1, -0.05) is 350 Å². The third kappa shape index (κ3) is 69.5. The number of unbranched alkanes of at least 4 members (excludes halogenated alkanes) is 42. The summed E-state index contributed by atoms with van der Waals surface area (Å²) in [6, 6.07) is 0. The summed E-state index contributed by atoms with van der Waals surface area (Å²) in [6.45, 7) is 11.9. The smallest absolute Gasteiger partial charge is 0.462 e. The van der Waals surface area contributed by atoms with Crippen LogP contribution in [-0.2, 0) is 65.4 Å². The molecule has 0 aliphatic carbocycles. The number of phosphoric acid groups is 2. The van der Waals surface area contributed by atoms with Gasteiger partial charge in [0.2, 0.25) is 0 Å². The molecule has 0 amide bonds. The molecule has 3 N–H and O–H groups in total. The van der Waals surface area contributed by atoms with E-state index in [1.54, 1.807) is 0 Å². The molecule has 97 heavy (non-hydrogen) atoms. The normalized spacial score (nSPS) is 14.6. The molecule has 0 fully saturated rings. The zero-order chi connectivity index (χ0) is 71.6. The predicted molar refractivity (Wildman–Crippen MR) is 395 cm³/mol. The van der Waals surface area contributed by atoms with Crippen molar-refractivity contribution in [3.05, 3.63) is 0 Å². The van der Waals surface area contributed by atoms with Gasteiger partial charge in [0, 0.05) is 25.7 Å². The van der Waals surface area contributed by atoms with E-state index < -0.39 is 97.5 Å². The molecule has 0 saturated carbocycles. The third-order valence-electron chi connectivity index (χ3n) is 18.9. The molecule has 19 heteroatoms. The van der Waals surface area contributed by atoms with Gasteiger partial charge in [-0.3, -0.25) is 37.3 Å². The fourth-order valence-corrected chi connectivity index (χ4v) is 13.5. The summed E-state index contributed by atoms with van der Waals surface area (Å²) in [4.78, 5) is 72.9. The number of hydrogen-bond acceptors (Lipinski definition) is 15. The van der Waals surface area contributed by atoms with Crippen LogP contribution in [0.25, 0.3) is 0 Å².